The van der Waals surface area contributed by atoms with Crippen molar-refractivity contribution in [1.82, 2.24) is 9.55 Å². The molecule has 0 radical (unpaired) electrons. The molecule has 7 nitrogen and oxygen atoms in total. The highest BCUT2D eigenvalue weighted by Gasteiger charge is 2.33. The van der Waals surface area contributed by atoms with E-state index in [-0.39, 0.29) is 35.3 Å². The molecule has 2 aromatic rings. The smallest absolute Gasteiger partial charge is 0.344 e. The maximum Gasteiger partial charge on any atom is 0.344 e. The van der Waals surface area contributed by atoms with Crippen LogP contribution in [0.25, 0.3) is 11.8 Å². The van der Waals surface area contributed by atoms with Crippen LogP contribution in [-0.2, 0) is 14.3 Å². The van der Waals surface area contributed by atoms with E-state index >= 15 is 0 Å². The number of aliphatic imine (C=N–C) groups is 1. The molecule has 0 fully saturated rings. The Labute approximate surface area is 179 Å². The van der Waals surface area contributed by atoms with Gasteiger partial charge < -0.3 is 14.4 Å². The van der Waals surface area contributed by atoms with Gasteiger partial charge in [0.15, 0.2) is 0 Å². The van der Waals surface area contributed by atoms with Gasteiger partial charge in [0.2, 0.25) is 5.91 Å². The largest absolute Gasteiger partial charge is 0.506 e. The van der Waals surface area contributed by atoms with Crippen LogP contribution in [0.4, 0.5) is 0 Å². The predicted molar refractivity (Wildman–Crippen MR) is 118 cm³/mol. The van der Waals surface area contributed by atoms with E-state index in [2.05, 4.69) is 14.5 Å². The monoisotopic (exact) mass is 425 g/mol. The van der Waals surface area contributed by atoms with Gasteiger partial charge in [-0.05, 0) is 50.6 Å². The number of ether oxygens (including phenoxy) is 1. The van der Waals surface area contributed by atoms with Crippen molar-refractivity contribution in [3.63, 3.8) is 0 Å². The molecule has 0 aliphatic carbocycles. The van der Waals surface area contributed by atoms with Gasteiger partial charge in [-0.2, -0.15) is 0 Å². The highest BCUT2D eigenvalue weighted by atomic mass is 32.2. The Bertz CT molecular complexity index is 1080. The van der Waals surface area contributed by atoms with Gasteiger partial charge >= 0.3 is 5.97 Å². The van der Waals surface area contributed by atoms with Crippen molar-refractivity contribution in [3.8, 4) is 5.69 Å². The summed E-state index contributed by atoms with van der Waals surface area (Å²) in [6.45, 7) is 7.46. The minimum absolute atomic E-state index is 0.0732. The van der Waals surface area contributed by atoms with E-state index < -0.39 is 5.97 Å². The molecule has 0 saturated heterocycles. The van der Waals surface area contributed by atoms with E-state index in [9.17, 15) is 14.7 Å². The Morgan fingerprint density at radius 1 is 1.33 bits per heavy atom. The molecule has 156 valence electrons. The van der Waals surface area contributed by atoms with Gasteiger partial charge in [0.1, 0.15) is 16.4 Å². The molecule has 0 saturated carbocycles. The third kappa shape index (κ3) is 4.23. The number of hydrogen-bond donors (Lipinski definition) is 1. The molecule has 0 spiro atoms. The third-order valence-corrected chi connectivity index (χ3v) is 5.58. The standard InChI is InChI=1S/C22H23N3O4S/c1-5-18(26)24-21-19(22(28)29-6-2)20(27)17(30-21)11-15-10-13(3)25(14(15)4)16-8-7-9-23-12-16/h7-12,27H,5-6H2,1-4H3/b17-11-,24-21?. The van der Waals surface area contributed by atoms with Gasteiger partial charge in [0.05, 0.1) is 23.4 Å². The summed E-state index contributed by atoms with van der Waals surface area (Å²) in [6.07, 6.45) is 5.48. The normalized spacial score (nSPS) is 16.5. The summed E-state index contributed by atoms with van der Waals surface area (Å²) < 4.78 is 7.10. The van der Waals surface area contributed by atoms with Gasteiger partial charge in [-0.15, -0.1) is 0 Å². The van der Waals surface area contributed by atoms with E-state index in [0.29, 0.717) is 4.91 Å². The Morgan fingerprint density at radius 2 is 2.10 bits per heavy atom. The minimum Gasteiger partial charge on any atom is -0.506 e. The number of thioether (sulfide) groups is 1. The molecule has 3 heterocycles. The predicted octanol–water partition coefficient (Wildman–Crippen LogP) is 4.29. The average molecular weight is 426 g/mol. The molecule has 8 heteroatoms. The maximum absolute atomic E-state index is 12.4. The van der Waals surface area contributed by atoms with Crippen LogP contribution in [0.15, 0.2) is 51.8 Å². The van der Waals surface area contributed by atoms with E-state index in [1.54, 1.807) is 32.3 Å². The number of nitrogens with zero attached hydrogens (tertiary/aromatic N) is 3. The van der Waals surface area contributed by atoms with E-state index in [1.807, 2.05) is 32.0 Å². The lowest BCUT2D eigenvalue weighted by Crippen LogP contribution is -2.14. The van der Waals surface area contributed by atoms with Gasteiger partial charge in [0, 0.05) is 24.0 Å². The van der Waals surface area contributed by atoms with Crippen LogP contribution in [0.1, 0.15) is 37.2 Å². The van der Waals surface area contributed by atoms with Gasteiger partial charge in [0.25, 0.3) is 0 Å². The zero-order valence-corrected chi connectivity index (χ0v) is 18.1. The Morgan fingerprint density at radius 3 is 2.73 bits per heavy atom. The molecule has 2 aromatic heterocycles. The number of rotatable bonds is 5. The Kier molecular flexibility index (Phi) is 6.56. The van der Waals surface area contributed by atoms with Crippen molar-refractivity contribution in [2.45, 2.75) is 34.1 Å². The quantitative estimate of drug-likeness (QED) is 0.719. The van der Waals surface area contributed by atoms with Crippen molar-refractivity contribution in [3.05, 3.63) is 63.8 Å². The summed E-state index contributed by atoms with van der Waals surface area (Å²) >= 11 is 1.08. The number of hydrogen-bond acceptors (Lipinski definition) is 6. The van der Waals surface area contributed by atoms with Gasteiger partial charge in [-0.25, -0.2) is 9.79 Å². The molecule has 30 heavy (non-hydrogen) atoms. The van der Waals surface area contributed by atoms with Crippen LogP contribution in [0.3, 0.4) is 0 Å². The van der Waals surface area contributed by atoms with Crippen LogP contribution in [0.2, 0.25) is 0 Å². The fourth-order valence-electron chi connectivity index (χ4n) is 3.14. The van der Waals surface area contributed by atoms with E-state index in [1.165, 1.54) is 0 Å². The summed E-state index contributed by atoms with van der Waals surface area (Å²) in [5.74, 6) is -1.30. The lowest BCUT2D eigenvalue weighted by Gasteiger charge is -2.08. The van der Waals surface area contributed by atoms with Crippen LogP contribution < -0.4 is 0 Å². The molecule has 0 atom stereocenters. The second-order valence-corrected chi connectivity index (χ2v) is 7.62. The summed E-state index contributed by atoms with van der Waals surface area (Å²) in [4.78, 5) is 32.8. The molecule has 1 amide bonds. The molecule has 1 aliphatic rings. The molecule has 3 rings (SSSR count). The number of aliphatic hydroxyl groups excluding tert-OH is 1. The maximum atomic E-state index is 12.4. The van der Waals surface area contributed by atoms with Crippen molar-refractivity contribution < 1.29 is 19.4 Å². The number of aliphatic hydroxyl groups is 1. The molecule has 1 N–H and O–H groups in total. The van der Waals surface area contributed by atoms with Crippen molar-refractivity contribution >= 4 is 34.8 Å². The van der Waals surface area contributed by atoms with Crippen molar-refractivity contribution in [2.75, 3.05) is 6.61 Å². The Hall–Kier alpha value is -3.13. The molecule has 1 aliphatic heterocycles. The first-order chi connectivity index (χ1) is 14.4. The summed E-state index contributed by atoms with van der Waals surface area (Å²) in [5.41, 5.74) is 3.68. The van der Waals surface area contributed by atoms with Crippen LogP contribution in [-0.4, -0.2) is 38.2 Å². The van der Waals surface area contributed by atoms with Crippen LogP contribution in [0, 0.1) is 13.8 Å². The molecule has 0 unspecified atom stereocenters. The first-order valence-corrected chi connectivity index (χ1v) is 10.4. The summed E-state index contributed by atoms with van der Waals surface area (Å²) in [6, 6.07) is 5.82. The van der Waals surface area contributed by atoms with Crippen molar-refractivity contribution in [2.24, 2.45) is 4.99 Å². The number of aryl methyl sites for hydroxylation is 1. The fraction of sp³-hybridized carbons (Fsp3) is 0.273. The average Bonchev–Trinajstić information content (AvgIpc) is 3.18. The number of pyridine rings is 1. The first kappa shape index (κ1) is 21.6. The molecule has 0 bridgehead atoms. The minimum atomic E-state index is -0.700. The van der Waals surface area contributed by atoms with E-state index in [0.717, 1.165) is 34.4 Å². The molecule has 0 aromatic carbocycles. The van der Waals surface area contributed by atoms with E-state index in [4.69, 9.17) is 4.74 Å². The zero-order chi connectivity index (χ0) is 21.8. The second-order valence-electron chi connectivity index (χ2n) is 6.59. The number of carbonyl (C=O) groups is 2. The number of amides is 1. The topological polar surface area (TPSA) is 93.8 Å². The van der Waals surface area contributed by atoms with Crippen LogP contribution in [0.5, 0.6) is 0 Å². The lowest BCUT2D eigenvalue weighted by atomic mass is 10.2. The van der Waals surface area contributed by atoms with Gasteiger partial charge in [-0.3, -0.25) is 9.78 Å². The van der Waals surface area contributed by atoms with Crippen LogP contribution >= 0.6 is 11.8 Å². The van der Waals surface area contributed by atoms with Crippen molar-refractivity contribution in [1.29, 1.82) is 0 Å². The first-order valence-electron chi connectivity index (χ1n) is 9.58. The third-order valence-electron chi connectivity index (χ3n) is 4.56. The van der Waals surface area contributed by atoms with Gasteiger partial charge in [-0.1, -0.05) is 18.7 Å². The SMILES string of the molecule is CCOC(=O)C1=C(O)/C(=C/c2cc(C)n(-c3cccnc3)c2C)SC1=NC(=O)CC. The Balaban J connectivity index is 2.07. The number of aromatic nitrogens is 2. The fourth-order valence-corrected chi connectivity index (χ4v) is 4.16. The summed E-state index contributed by atoms with van der Waals surface area (Å²) in [5, 5.41) is 10.9. The molecular formula is C22H23N3O4S. The number of carbonyl (C=O) groups excluding carboxylic acids is 2. The molecular weight excluding hydrogens is 402 g/mol. The zero-order valence-electron chi connectivity index (χ0n) is 17.3. The highest BCUT2D eigenvalue weighted by Crippen LogP contribution is 2.40. The lowest BCUT2D eigenvalue weighted by molar-refractivity contribution is -0.138. The summed E-state index contributed by atoms with van der Waals surface area (Å²) in [7, 11) is 0. The number of esters is 1. The second kappa shape index (κ2) is 9.13. The highest BCUT2D eigenvalue weighted by molar-refractivity contribution is 8.18.